The molecule has 0 aliphatic carbocycles. The van der Waals surface area contributed by atoms with Gasteiger partial charge in [-0.1, -0.05) is 38.1 Å². The number of carbonyl (C=O) groups excluding carboxylic acids is 2. The lowest BCUT2D eigenvalue weighted by atomic mass is 10.0. The number of pyridine rings is 1. The SMILES string of the molecule is Cc1ccccc1-c1cc(C(=O)N2CCN(C(=O)CC(C)C)CC2)c2cnn(C(C)C)c2n1. The topological polar surface area (TPSA) is 71.3 Å². The van der Waals surface area contributed by atoms with E-state index in [4.69, 9.17) is 4.98 Å². The molecule has 174 valence electrons. The molecule has 7 nitrogen and oxygen atoms in total. The predicted octanol–water partition coefficient (Wildman–Crippen LogP) is 4.32. The van der Waals surface area contributed by atoms with Crippen LogP contribution in [0.5, 0.6) is 0 Å². The molecular weight excluding hydrogens is 414 g/mol. The van der Waals surface area contributed by atoms with Gasteiger partial charge in [0.25, 0.3) is 5.91 Å². The number of benzene rings is 1. The lowest BCUT2D eigenvalue weighted by Crippen LogP contribution is -2.50. The second-order valence-corrected chi connectivity index (χ2v) is 9.56. The summed E-state index contributed by atoms with van der Waals surface area (Å²) in [5, 5.41) is 5.30. The molecule has 4 rings (SSSR count). The van der Waals surface area contributed by atoms with Crippen LogP contribution in [0.25, 0.3) is 22.3 Å². The van der Waals surface area contributed by atoms with Gasteiger partial charge >= 0.3 is 0 Å². The van der Waals surface area contributed by atoms with Gasteiger partial charge in [-0.2, -0.15) is 5.10 Å². The van der Waals surface area contributed by atoms with Crippen molar-refractivity contribution < 1.29 is 9.59 Å². The summed E-state index contributed by atoms with van der Waals surface area (Å²) in [6.45, 7) is 12.5. The van der Waals surface area contributed by atoms with Crippen molar-refractivity contribution in [3.63, 3.8) is 0 Å². The fourth-order valence-electron chi connectivity index (χ4n) is 4.38. The van der Waals surface area contributed by atoms with Gasteiger partial charge in [0.2, 0.25) is 5.91 Å². The van der Waals surface area contributed by atoms with Gasteiger partial charge in [-0.25, -0.2) is 9.67 Å². The summed E-state index contributed by atoms with van der Waals surface area (Å²) < 4.78 is 1.87. The Morgan fingerprint density at radius 1 is 1.00 bits per heavy atom. The third kappa shape index (κ3) is 4.63. The monoisotopic (exact) mass is 447 g/mol. The molecule has 0 saturated carbocycles. The first kappa shape index (κ1) is 23.0. The van der Waals surface area contributed by atoms with Gasteiger partial charge in [-0.05, 0) is 38.3 Å². The van der Waals surface area contributed by atoms with Crippen LogP contribution in [0.3, 0.4) is 0 Å². The molecule has 1 fully saturated rings. The van der Waals surface area contributed by atoms with E-state index in [9.17, 15) is 9.59 Å². The molecular formula is C26H33N5O2. The molecule has 2 aromatic heterocycles. The Bertz CT molecular complexity index is 1170. The van der Waals surface area contributed by atoms with E-state index in [0.717, 1.165) is 27.9 Å². The van der Waals surface area contributed by atoms with Crippen LogP contribution in [-0.2, 0) is 4.79 Å². The highest BCUT2D eigenvalue weighted by molar-refractivity contribution is 6.06. The molecule has 0 N–H and O–H groups in total. The van der Waals surface area contributed by atoms with E-state index in [0.29, 0.717) is 44.1 Å². The lowest BCUT2D eigenvalue weighted by Gasteiger charge is -2.35. The van der Waals surface area contributed by atoms with E-state index < -0.39 is 0 Å². The van der Waals surface area contributed by atoms with Gasteiger partial charge in [-0.3, -0.25) is 9.59 Å². The zero-order valence-corrected chi connectivity index (χ0v) is 20.2. The van der Waals surface area contributed by atoms with E-state index in [2.05, 4.69) is 45.8 Å². The van der Waals surface area contributed by atoms with Gasteiger partial charge in [0.1, 0.15) is 0 Å². The maximum absolute atomic E-state index is 13.7. The molecule has 33 heavy (non-hydrogen) atoms. The van der Waals surface area contributed by atoms with Crippen LogP contribution in [0.4, 0.5) is 0 Å². The molecule has 1 aliphatic heterocycles. The summed E-state index contributed by atoms with van der Waals surface area (Å²) in [6, 6.07) is 10.1. The fourth-order valence-corrected chi connectivity index (χ4v) is 4.38. The van der Waals surface area contributed by atoms with E-state index in [1.165, 1.54) is 0 Å². The molecule has 0 spiro atoms. The van der Waals surface area contributed by atoms with Gasteiger partial charge in [0, 0.05) is 44.2 Å². The summed E-state index contributed by atoms with van der Waals surface area (Å²) in [7, 11) is 0. The molecule has 0 unspecified atom stereocenters. The van der Waals surface area contributed by atoms with Crippen molar-refractivity contribution in [3.05, 3.63) is 47.7 Å². The fraction of sp³-hybridized carbons (Fsp3) is 0.462. The molecule has 3 aromatic rings. The predicted molar refractivity (Wildman–Crippen MR) is 130 cm³/mol. The molecule has 0 bridgehead atoms. The number of amides is 2. The van der Waals surface area contributed by atoms with E-state index in [1.807, 2.05) is 38.7 Å². The number of carbonyl (C=O) groups is 2. The minimum Gasteiger partial charge on any atom is -0.339 e. The summed E-state index contributed by atoms with van der Waals surface area (Å²) in [5.41, 5.74) is 4.23. The Balaban J connectivity index is 1.68. The average molecular weight is 448 g/mol. The summed E-state index contributed by atoms with van der Waals surface area (Å²) >= 11 is 0. The van der Waals surface area contributed by atoms with Gasteiger partial charge < -0.3 is 9.80 Å². The van der Waals surface area contributed by atoms with Crippen LogP contribution in [0.1, 0.15) is 56.1 Å². The summed E-state index contributed by atoms with van der Waals surface area (Å²) in [4.78, 5) is 34.7. The molecule has 0 radical (unpaired) electrons. The van der Waals surface area contributed by atoms with Crippen molar-refractivity contribution in [1.82, 2.24) is 24.6 Å². The smallest absolute Gasteiger partial charge is 0.254 e. The number of aromatic nitrogens is 3. The second kappa shape index (κ2) is 9.33. The Morgan fingerprint density at radius 2 is 1.67 bits per heavy atom. The zero-order chi connectivity index (χ0) is 23.7. The van der Waals surface area contributed by atoms with Crippen LogP contribution in [0.15, 0.2) is 36.5 Å². The minimum atomic E-state index is -0.0310. The second-order valence-electron chi connectivity index (χ2n) is 9.56. The molecule has 1 aromatic carbocycles. The first-order chi connectivity index (χ1) is 15.8. The Kier molecular flexibility index (Phi) is 6.49. The van der Waals surface area contributed by atoms with Crippen molar-refractivity contribution in [1.29, 1.82) is 0 Å². The highest BCUT2D eigenvalue weighted by Gasteiger charge is 2.27. The Hall–Kier alpha value is -3.22. The van der Waals surface area contributed by atoms with Gasteiger partial charge in [0.05, 0.1) is 22.8 Å². The summed E-state index contributed by atoms with van der Waals surface area (Å²) in [6.07, 6.45) is 2.30. The minimum absolute atomic E-state index is 0.0310. The number of aryl methyl sites for hydroxylation is 1. The van der Waals surface area contributed by atoms with Crippen molar-refractivity contribution >= 4 is 22.8 Å². The molecule has 2 amide bonds. The number of piperazine rings is 1. The number of rotatable bonds is 5. The first-order valence-electron chi connectivity index (χ1n) is 11.8. The molecule has 1 saturated heterocycles. The molecule has 0 atom stereocenters. The molecule has 3 heterocycles. The van der Waals surface area contributed by atoms with E-state index in [-0.39, 0.29) is 17.9 Å². The summed E-state index contributed by atoms with van der Waals surface area (Å²) in [5.74, 6) is 0.472. The molecule has 7 heteroatoms. The third-order valence-electron chi connectivity index (χ3n) is 6.21. The number of nitrogens with zero attached hydrogens (tertiary/aromatic N) is 5. The standard InChI is InChI=1S/C26H33N5O2/c1-17(2)14-24(32)29-10-12-30(13-11-29)26(33)21-15-23(20-9-7-6-8-19(20)5)28-25-22(21)16-27-31(25)18(3)4/h6-9,15-18H,10-14H2,1-5H3. The quantitative estimate of drug-likeness (QED) is 0.584. The largest absolute Gasteiger partial charge is 0.339 e. The number of hydrogen-bond donors (Lipinski definition) is 0. The first-order valence-corrected chi connectivity index (χ1v) is 11.8. The Morgan fingerprint density at radius 3 is 2.30 bits per heavy atom. The van der Waals surface area contributed by atoms with Crippen LogP contribution in [-0.4, -0.2) is 62.6 Å². The maximum Gasteiger partial charge on any atom is 0.254 e. The maximum atomic E-state index is 13.7. The van der Waals surface area contributed by atoms with Crippen molar-refractivity contribution in [3.8, 4) is 11.3 Å². The van der Waals surface area contributed by atoms with Gasteiger partial charge in [-0.15, -0.1) is 0 Å². The normalized spacial score (nSPS) is 14.5. The average Bonchev–Trinajstić information content (AvgIpc) is 3.22. The molecule has 1 aliphatic rings. The zero-order valence-electron chi connectivity index (χ0n) is 20.2. The van der Waals surface area contributed by atoms with Crippen LogP contribution >= 0.6 is 0 Å². The van der Waals surface area contributed by atoms with Crippen molar-refractivity contribution in [2.45, 2.75) is 47.1 Å². The van der Waals surface area contributed by atoms with Crippen LogP contribution in [0.2, 0.25) is 0 Å². The third-order valence-corrected chi connectivity index (χ3v) is 6.21. The van der Waals surface area contributed by atoms with Crippen molar-refractivity contribution in [2.24, 2.45) is 5.92 Å². The van der Waals surface area contributed by atoms with E-state index in [1.54, 1.807) is 6.20 Å². The number of hydrogen-bond acceptors (Lipinski definition) is 4. The highest BCUT2D eigenvalue weighted by Crippen LogP contribution is 2.29. The van der Waals surface area contributed by atoms with Crippen LogP contribution < -0.4 is 0 Å². The van der Waals surface area contributed by atoms with Crippen molar-refractivity contribution in [2.75, 3.05) is 26.2 Å². The van der Waals surface area contributed by atoms with Gasteiger partial charge in [0.15, 0.2) is 5.65 Å². The lowest BCUT2D eigenvalue weighted by molar-refractivity contribution is -0.133. The Labute approximate surface area is 195 Å². The highest BCUT2D eigenvalue weighted by atomic mass is 16.2. The van der Waals surface area contributed by atoms with Crippen LogP contribution in [0, 0.1) is 12.8 Å². The van der Waals surface area contributed by atoms with E-state index >= 15 is 0 Å². The number of fused-ring (bicyclic) bond motifs is 1.